The number of H-pyrrole nitrogens is 1. The van der Waals surface area contributed by atoms with Crippen molar-refractivity contribution in [2.45, 2.75) is 32.7 Å². The fraction of sp³-hybridized carbons (Fsp3) is 0.348. The van der Waals surface area contributed by atoms with E-state index in [-0.39, 0.29) is 5.91 Å². The summed E-state index contributed by atoms with van der Waals surface area (Å²) in [4.78, 5) is 16.1. The number of carbonyl (C=O) groups is 1. The molecule has 0 radical (unpaired) electrons. The Balaban J connectivity index is 1.44. The highest BCUT2D eigenvalue weighted by Gasteiger charge is 2.17. The maximum Gasteiger partial charge on any atom is 0.251 e. The molecule has 4 rings (SSSR count). The lowest BCUT2D eigenvalue weighted by Gasteiger charge is -2.23. The van der Waals surface area contributed by atoms with Gasteiger partial charge in [0.05, 0.1) is 0 Å². The van der Waals surface area contributed by atoms with Crippen LogP contribution in [0.15, 0.2) is 48.5 Å². The van der Waals surface area contributed by atoms with Gasteiger partial charge in [0.2, 0.25) is 0 Å². The molecule has 140 valence electrons. The van der Waals surface area contributed by atoms with Crippen molar-refractivity contribution >= 4 is 16.8 Å². The third-order valence-electron chi connectivity index (χ3n) is 5.50. The molecule has 4 nitrogen and oxygen atoms in total. The second-order valence-electron chi connectivity index (χ2n) is 7.61. The van der Waals surface area contributed by atoms with Crippen molar-refractivity contribution in [2.24, 2.45) is 5.92 Å². The van der Waals surface area contributed by atoms with E-state index in [9.17, 15) is 4.79 Å². The van der Waals surface area contributed by atoms with Crippen molar-refractivity contribution in [3.63, 3.8) is 0 Å². The predicted molar refractivity (Wildman–Crippen MR) is 110 cm³/mol. The number of aryl methyl sites for hydroxylation is 1. The first-order valence-electron chi connectivity index (χ1n) is 9.84. The van der Waals surface area contributed by atoms with Crippen molar-refractivity contribution in [3.05, 3.63) is 70.9 Å². The molecule has 1 amide bonds. The van der Waals surface area contributed by atoms with Crippen LogP contribution in [0.1, 0.15) is 40.0 Å². The summed E-state index contributed by atoms with van der Waals surface area (Å²) in [5, 5.41) is 7.70. The Morgan fingerprint density at radius 2 is 1.93 bits per heavy atom. The molecule has 2 aromatic carbocycles. The van der Waals surface area contributed by atoms with E-state index in [4.69, 9.17) is 0 Å². The number of benzene rings is 2. The normalized spacial score (nSPS) is 15.1. The van der Waals surface area contributed by atoms with Crippen molar-refractivity contribution in [1.82, 2.24) is 15.6 Å². The zero-order valence-electron chi connectivity index (χ0n) is 15.8. The van der Waals surface area contributed by atoms with Gasteiger partial charge in [-0.2, -0.15) is 0 Å². The van der Waals surface area contributed by atoms with E-state index in [0.717, 1.165) is 41.8 Å². The SMILES string of the molecule is Cc1cc2cc(CNC(=O)c3ccccc3CC3CCNCC3)ccc2[nH]1. The summed E-state index contributed by atoms with van der Waals surface area (Å²) in [6.07, 6.45) is 3.36. The van der Waals surface area contributed by atoms with Crippen molar-refractivity contribution in [1.29, 1.82) is 0 Å². The molecule has 1 saturated heterocycles. The number of rotatable bonds is 5. The van der Waals surface area contributed by atoms with Crippen LogP contribution in [0.25, 0.3) is 10.9 Å². The molecule has 1 aliphatic rings. The molecule has 0 atom stereocenters. The number of aromatic nitrogens is 1. The summed E-state index contributed by atoms with van der Waals surface area (Å²) in [6, 6.07) is 16.5. The van der Waals surface area contributed by atoms with E-state index in [0.29, 0.717) is 12.5 Å². The van der Waals surface area contributed by atoms with Gasteiger partial charge in [0.15, 0.2) is 0 Å². The quantitative estimate of drug-likeness (QED) is 0.644. The Morgan fingerprint density at radius 3 is 2.78 bits per heavy atom. The van der Waals surface area contributed by atoms with Crippen LogP contribution in [0.4, 0.5) is 0 Å². The van der Waals surface area contributed by atoms with Crippen LogP contribution in [0.2, 0.25) is 0 Å². The van der Waals surface area contributed by atoms with Crippen molar-refractivity contribution < 1.29 is 4.79 Å². The molecule has 3 N–H and O–H groups in total. The van der Waals surface area contributed by atoms with E-state index in [2.05, 4.69) is 52.9 Å². The monoisotopic (exact) mass is 361 g/mol. The Morgan fingerprint density at radius 1 is 1.11 bits per heavy atom. The molecule has 1 aliphatic heterocycles. The van der Waals surface area contributed by atoms with Gasteiger partial charge in [0, 0.05) is 23.3 Å². The van der Waals surface area contributed by atoms with Gasteiger partial charge in [-0.15, -0.1) is 0 Å². The Bertz CT molecular complexity index is 938. The van der Waals surface area contributed by atoms with Crippen LogP contribution in [0.5, 0.6) is 0 Å². The minimum atomic E-state index is 0.0184. The summed E-state index contributed by atoms with van der Waals surface area (Å²) in [5.74, 6) is 0.685. The minimum Gasteiger partial charge on any atom is -0.359 e. The number of hydrogen-bond acceptors (Lipinski definition) is 2. The Hall–Kier alpha value is -2.59. The predicted octanol–water partition coefficient (Wildman–Crippen LogP) is 3.95. The fourth-order valence-electron chi connectivity index (χ4n) is 4.03. The standard InChI is InChI=1S/C23H27N3O/c1-16-12-20-14-18(6-7-22(20)26-16)15-25-23(27)21-5-3-2-4-19(21)13-17-8-10-24-11-9-17/h2-7,12,14,17,24,26H,8-11,13,15H2,1H3,(H,25,27). The van der Waals surface area contributed by atoms with Gasteiger partial charge in [0.1, 0.15) is 0 Å². The van der Waals surface area contributed by atoms with Gasteiger partial charge in [0.25, 0.3) is 5.91 Å². The molecule has 0 unspecified atom stereocenters. The molecular formula is C23H27N3O. The molecule has 27 heavy (non-hydrogen) atoms. The maximum atomic E-state index is 12.8. The molecule has 1 fully saturated rings. The van der Waals surface area contributed by atoms with E-state index >= 15 is 0 Å². The molecule has 3 aromatic rings. The fourth-order valence-corrected chi connectivity index (χ4v) is 4.03. The Kier molecular flexibility index (Phi) is 5.26. The molecular weight excluding hydrogens is 334 g/mol. The van der Waals surface area contributed by atoms with E-state index < -0.39 is 0 Å². The number of aromatic amines is 1. The highest BCUT2D eigenvalue weighted by molar-refractivity contribution is 5.95. The maximum absolute atomic E-state index is 12.8. The van der Waals surface area contributed by atoms with Crippen LogP contribution < -0.4 is 10.6 Å². The summed E-state index contributed by atoms with van der Waals surface area (Å²) < 4.78 is 0. The van der Waals surface area contributed by atoms with Gasteiger partial charge in [-0.1, -0.05) is 24.3 Å². The van der Waals surface area contributed by atoms with Crippen LogP contribution in [-0.4, -0.2) is 24.0 Å². The number of carbonyl (C=O) groups excluding carboxylic acids is 1. The molecule has 4 heteroatoms. The van der Waals surface area contributed by atoms with Gasteiger partial charge >= 0.3 is 0 Å². The van der Waals surface area contributed by atoms with Crippen molar-refractivity contribution in [3.8, 4) is 0 Å². The van der Waals surface area contributed by atoms with Crippen LogP contribution in [0, 0.1) is 12.8 Å². The first kappa shape index (κ1) is 17.8. The second-order valence-corrected chi connectivity index (χ2v) is 7.61. The summed E-state index contributed by atoms with van der Waals surface area (Å²) in [7, 11) is 0. The third kappa shape index (κ3) is 4.22. The average molecular weight is 361 g/mol. The summed E-state index contributed by atoms with van der Waals surface area (Å²) in [5.41, 5.74) is 5.38. The second kappa shape index (κ2) is 7.97. The Labute approximate surface area is 160 Å². The molecule has 0 bridgehead atoms. The molecule has 0 aliphatic carbocycles. The first-order chi connectivity index (χ1) is 13.2. The lowest BCUT2D eigenvalue weighted by molar-refractivity contribution is 0.0949. The van der Waals surface area contributed by atoms with E-state index in [1.807, 2.05) is 18.2 Å². The van der Waals surface area contributed by atoms with Gasteiger partial charge in [-0.05, 0) is 86.0 Å². The smallest absolute Gasteiger partial charge is 0.251 e. The topological polar surface area (TPSA) is 56.9 Å². The zero-order chi connectivity index (χ0) is 18.6. The molecule has 2 heterocycles. The van der Waals surface area contributed by atoms with Crippen LogP contribution >= 0.6 is 0 Å². The van der Waals surface area contributed by atoms with E-state index in [1.54, 1.807) is 0 Å². The van der Waals surface area contributed by atoms with Gasteiger partial charge < -0.3 is 15.6 Å². The average Bonchev–Trinajstić information content (AvgIpc) is 3.06. The summed E-state index contributed by atoms with van der Waals surface area (Å²) >= 11 is 0. The first-order valence-corrected chi connectivity index (χ1v) is 9.84. The lowest BCUT2D eigenvalue weighted by atomic mass is 9.89. The summed E-state index contributed by atoms with van der Waals surface area (Å²) in [6.45, 7) is 4.77. The van der Waals surface area contributed by atoms with Crippen LogP contribution in [0.3, 0.4) is 0 Å². The highest BCUT2D eigenvalue weighted by atomic mass is 16.1. The molecule has 0 spiro atoms. The largest absolute Gasteiger partial charge is 0.359 e. The van der Waals surface area contributed by atoms with Crippen molar-refractivity contribution in [2.75, 3.05) is 13.1 Å². The number of fused-ring (bicyclic) bond motifs is 1. The van der Waals surface area contributed by atoms with Gasteiger partial charge in [-0.3, -0.25) is 4.79 Å². The highest BCUT2D eigenvalue weighted by Crippen LogP contribution is 2.21. The lowest BCUT2D eigenvalue weighted by Crippen LogP contribution is -2.29. The van der Waals surface area contributed by atoms with Gasteiger partial charge in [-0.25, -0.2) is 0 Å². The molecule has 0 saturated carbocycles. The number of nitrogens with one attached hydrogen (secondary N) is 3. The number of hydrogen-bond donors (Lipinski definition) is 3. The zero-order valence-corrected chi connectivity index (χ0v) is 15.8. The number of amides is 1. The number of piperidine rings is 1. The van der Waals surface area contributed by atoms with Crippen LogP contribution in [-0.2, 0) is 13.0 Å². The minimum absolute atomic E-state index is 0.0184. The molecule has 1 aromatic heterocycles. The van der Waals surface area contributed by atoms with E-state index in [1.165, 1.54) is 23.8 Å². The third-order valence-corrected chi connectivity index (χ3v) is 5.50.